The van der Waals surface area contributed by atoms with Crippen molar-refractivity contribution in [2.24, 2.45) is 0 Å². The number of fused-ring (bicyclic) bond motifs is 2. The summed E-state index contributed by atoms with van der Waals surface area (Å²) in [7, 11) is -31.1. The van der Waals surface area contributed by atoms with Gasteiger partial charge in [0.15, 0.2) is 60.5 Å². The van der Waals surface area contributed by atoms with Crippen molar-refractivity contribution in [1.82, 2.24) is 39.0 Å². The standard InChI is InChI=1S/C20H25N10O22P5/c21-17-15-19(25-7-23-17)29(9-27-15)13(3-33)47-11(1-31)5-45-53(35,36)49-55(39,40)51-57(43,44)52-56(41,42)50-54(37,38)46-6-12(2-32)48-14(4-34)30-10-28-16-18(22)24-8-26-20(16)30/h1-4,7-14H,5-6H2,(H,35,36)(H,37,38)(H,39,40)(H,41,42)(H,43,44)(H2,21,23,25)(H2,22,24,26)/t11-,12+,13-,14-/m0/s1. The lowest BCUT2D eigenvalue weighted by molar-refractivity contribution is -0.140. The molecule has 4 aromatic rings. The second kappa shape index (κ2) is 18.3. The number of hydrogen-bond donors (Lipinski definition) is 7. The number of rotatable bonds is 24. The number of phosphoric ester groups is 2. The third-order valence-corrected chi connectivity index (χ3v) is 13.7. The van der Waals surface area contributed by atoms with E-state index in [1.54, 1.807) is 0 Å². The van der Waals surface area contributed by atoms with Crippen molar-refractivity contribution in [3.05, 3.63) is 25.3 Å². The normalized spacial score (nSPS) is 19.5. The average Bonchev–Trinajstić information content (AvgIpc) is 3.73. The van der Waals surface area contributed by atoms with Crippen molar-refractivity contribution >= 4 is 98.2 Å². The van der Waals surface area contributed by atoms with Crippen LogP contribution in [0.25, 0.3) is 22.3 Å². The van der Waals surface area contributed by atoms with Gasteiger partial charge in [-0.25, -0.2) is 52.7 Å². The van der Waals surface area contributed by atoms with Crippen molar-refractivity contribution in [2.45, 2.75) is 24.7 Å². The molecule has 9 N–H and O–H groups in total. The zero-order valence-electron chi connectivity index (χ0n) is 27.5. The Morgan fingerprint density at radius 3 is 1.19 bits per heavy atom. The molecule has 0 amide bonds. The minimum absolute atomic E-state index is 0.0236. The van der Waals surface area contributed by atoms with Gasteiger partial charge >= 0.3 is 39.1 Å². The Morgan fingerprint density at radius 1 is 0.544 bits per heavy atom. The van der Waals surface area contributed by atoms with Crippen LogP contribution >= 0.6 is 39.1 Å². The Bertz CT molecular complexity index is 2220. The Kier molecular flexibility index (Phi) is 14.7. The molecular formula is C20H25N10O22P5. The Balaban J connectivity index is 1.30. The molecule has 312 valence electrons. The number of phosphoric acid groups is 5. The molecule has 4 heterocycles. The minimum Gasteiger partial charge on any atom is -0.382 e. The summed E-state index contributed by atoms with van der Waals surface area (Å²) < 4.78 is 97.0. The van der Waals surface area contributed by atoms with Crippen LogP contribution in [0.1, 0.15) is 12.5 Å². The van der Waals surface area contributed by atoms with Gasteiger partial charge in [-0.05, 0) is 0 Å². The molecule has 0 aromatic carbocycles. The maximum Gasteiger partial charge on any atom is 0.490 e. The van der Waals surface area contributed by atoms with Gasteiger partial charge in [0.25, 0.3) is 0 Å². The number of hydrogen-bond acceptors (Lipinski definition) is 25. The van der Waals surface area contributed by atoms with Gasteiger partial charge in [0, 0.05) is 0 Å². The first kappa shape index (κ1) is 45.7. The number of carbonyl (C=O) groups excluding carboxylic acids is 4. The summed E-state index contributed by atoms with van der Waals surface area (Å²) in [5.41, 5.74) is 11.3. The molecule has 32 nitrogen and oxygen atoms in total. The minimum atomic E-state index is -6.49. The summed E-state index contributed by atoms with van der Waals surface area (Å²) in [5.74, 6) is -0.186. The van der Waals surface area contributed by atoms with Crippen molar-refractivity contribution in [3.8, 4) is 0 Å². The van der Waals surface area contributed by atoms with E-state index in [4.69, 9.17) is 20.9 Å². The number of nitrogens with two attached hydrogens (primary N) is 2. The van der Waals surface area contributed by atoms with Crippen LogP contribution in [-0.4, -0.2) is 114 Å². The molecule has 5 unspecified atom stereocenters. The van der Waals surface area contributed by atoms with Gasteiger partial charge in [-0.2, -0.15) is 17.2 Å². The van der Waals surface area contributed by atoms with E-state index >= 15 is 0 Å². The van der Waals surface area contributed by atoms with Crippen molar-refractivity contribution < 1.29 is 102 Å². The van der Waals surface area contributed by atoms with Crippen LogP contribution in [0.3, 0.4) is 0 Å². The summed E-state index contributed by atoms with van der Waals surface area (Å²) in [6, 6.07) is 0. The molecule has 57 heavy (non-hydrogen) atoms. The summed E-state index contributed by atoms with van der Waals surface area (Å²) in [6.45, 7) is -2.64. The fourth-order valence-electron chi connectivity index (χ4n) is 3.97. The van der Waals surface area contributed by atoms with Gasteiger partial charge in [0.1, 0.15) is 35.9 Å². The fourth-order valence-corrected chi connectivity index (χ4v) is 10.4. The predicted octanol–water partition coefficient (Wildman–Crippen LogP) is -1.00. The van der Waals surface area contributed by atoms with E-state index in [1.165, 1.54) is 0 Å². The number of imidazole rings is 2. The number of aromatic nitrogens is 8. The first-order valence-electron chi connectivity index (χ1n) is 14.3. The summed E-state index contributed by atoms with van der Waals surface area (Å²) in [6.07, 6.45) is -3.08. The van der Waals surface area contributed by atoms with Gasteiger partial charge in [0.05, 0.1) is 25.9 Å². The smallest absolute Gasteiger partial charge is 0.382 e. The van der Waals surface area contributed by atoms with E-state index in [2.05, 4.69) is 56.2 Å². The van der Waals surface area contributed by atoms with Crippen LogP contribution in [0.4, 0.5) is 11.6 Å². The molecule has 0 aliphatic rings. The maximum absolute atomic E-state index is 12.3. The van der Waals surface area contributed by atoms with Crippen LogP contribution in [-0.2, 0) is 77.8 Å². The third kappa shape index (κ3) is 12.5. The van der Waals surface area contributed by atoms with Gasteiger partial charge in [-0.1, -0.05) is 0 Å². The van der Waals surface area contributed by atoms with Crippen LogP contribution in [0.2, 0.25) is 0 Å². The molecule has 0 bridgehead atoms. The summed E-state index contributed by atoms with van der Waals surface area (Å²) >= 11 is 0. The monoisotopic (exact) mass is 912 g/mol. The van der Waals surface area contributed by atoms with Crippen LogP contribution in [0.5, 0.6) is 0 Å². The topological polar surface area (TPSA) is 468 Å². The second-order valence-corrected chi connectivity index (χ2v) is 17.9. The van der Waals surface area contributed by atoms with Gasteiger partial charge in [-0.3, -0.25) is 27.8 Å². The third-order valence-electron chi connectivity index (χ3n) is 6.12. The first-order chi connectivity index (χ1) is 26.5. The first-order valence-corrected chi connectivity index (χ1v) is 21.8. The number of nitrogens with zero attached hydrogens (tertiary/aromatic N) is 8. The molecule has 9 atom stereocenters. The highest BCUT2D eigenvalue weighted by Gasteiger charge is 2.48. The quantitative estimate of drug-likeness (QED) is 0.0327. The van der Waals surface area contributed by atoms with Gasteiger partial charge < -0.3 is 55.0 Å². The van der Waals surface area contributed by atoms with Crippen molar-refractivity contribution in [1.29, 1.82) is 0 Å². The second-order valence-electron chi connectivity index (χ2n) is 10.1. The molecule has 4 aromatic heterocycles. The molecule has 0 aliphatic carbocycles. The Morgan fingerprint density at radius 2 is 0.877 bits per heavy atom. The van der Waals surface area contributed by atoms with Gasteiger partial charge in [-0.15, -0.1) is 0 Å². The van der Waals surface area contributed by atoms with Gasteiger partial charge in [0.2, 0.25) is 0 Å². The van der Waals surface area contributed by atoms with E-state index in [-0.39, 0.29) is 59.1 Å². The van der Waals surface area contributed by atoms with E-state index in [0.29, 0.717) is 0 Å². The predicted molar refractivity (Wildman–Crippen MR) is 177 cm³/mol. The number of nitrogen functional groups attached to an aromatic ring is 2. The van der Waals surface area contributed by atoms with E-state index in [1.807, 2.05) is 0 Å². The highest BCUT2D eigenvalue weighted by atomic mass is 31.3. The average molecular weight is 912 g/mol. The lowest BCUT2D eigenvalue weighted by atomic mass is 10.4. The largest absolute Gasteiger partial charge is 0.490 e. The Labute approximate surface area is 314 Å². The van der Waals surface area contributed by atoms with E-state index < -0.39 is 77.0 Å². The molecule has 4 rings (SSSR count). The molecule has 0 radical (unpaired) electrons. The van der Waals surface area contributed by atoms with Crippen LogP contribution in [0.15, 0.2) is 25.3 Å². The summed E-state index contributed by atoms with van der Waals surface area (Å²) in [4.78, 5) is 118. The molecule has 0 spiro atoms. The number of aldehydes is 4. The molecule has 0 fully saturated rings. The van der Waals surface area contributed by atoms with E-state index in [0.717, 1.165) is 34.4 Å². The zero-order valence-corrected chi connectivity index (χ0v) is 32.0. The molecule has 0 saturated heterocycles. The lowest BCUT2D eigenvalue weighted by Crippen LogP contribution is -2.27. The lowest BCUT2D eigenvalue weighted by Gasteiger charge is -2.22. The summed E-state index contributed by atoms with van der Waals surface area (Å²) in [5, 5.41) is 0. The van der Waals surface area contributed by atoms with Crippen molar-refractivity contribution in [2.75, 3.05) is 24.7 Å². The number of ether oxygens (including phenoxy) is 2. The highest BCUT2D eigenvalue weighted by molar-refractivity contribution is 7.71. The van der Waals surface area contributed by atoms with Crippen molar-refractivity contribution in [3.63, 3.8) is 0 Å². The SMILES string of the molecule is Nc1ncnc2c1ncn2[C@H](C=O)O[C@H](C=O)COP(=O)(O)OP(=O)(O)OP(=O)(O)OP(=O)(O)OP(=O)(O)OC[C@H](C=O)O[C@@H](C=O)n1cnc2c(N)ncnc21. The fraction of sp³-hybridized carbons (Fsp3) is 0.300. The molecule has 37 heteroatoms. The Hall–Kier alpha value is -3.99. The molecule has 0 aliphatic heterocycles. The zero-order chi connectivity index (χ0) is 42.4. The maximum atomic E-state index is 12.3. The molecular weight excluding hydrogens is 887 g/mol. The van der Waals surface area contributed by atoms with Crippen LogP contribution in [0, 0.1) is 0 Å². The van der Waals surface area contributed by atoms with Crippen LogP contribution < -0.4 is 11.5 Å². The van der Waals surface area contributed by atoms with E-state index in [9.17, 15) is 66.5 Å². The highest BCUT2D eigenvalue weighted by Crippen LogP contribution is 2.73. The molecule has 0 saturated carbocycles. The number of carbonyl (C=O) groups is 4. The number of anilines is 2.